The monoisotopic (exact) mass is 494 g/mol. The standard InChI is InChI=1S/C27H34N4O3S/c1-18(17-27(2,3)4)14-23(32)28-22(15-19-10-7-6-8-11-19)24(33)29-26-31-30-25(35-26)20-12-9-13-21(16-20)34-5/h6-13,16,18,22H,14-15,17H2,1-5H3,(H,28,32)(H,29,31,33). The predicted octanol–water partition coefficient (Wildman–Crippen LogP) is 5.34. The van der Waals surface area contributed by atoms with Gasteiger partial charge in [0.15, 0.2) is 0 Å². The summed E-state index contributed by atoms with van der Waals surface area (Å²) in [6.45, 7) is 8.55. The zero-order valence-electron chi connectivity index (χ0n) is 21.0. The van der Waals surface area contributed by atoms with Gasteiger partial charge >= 0.3 is 0 Å². The number of rotatable bonds is 10. The SMILES string of the molecule is COc1cccc(-c2nnc(NC(=O)C(Cc3ccccc3)NC(=O)CC(C)CC(C)(C)C)s2)c1. The van der Waals surface area contributed by atoms with Crippen molar-refractivity contribution in [3.63, 3.8) is 0 Å². The summed E-state index contributed by atoms with van der Waals surface area (Å²) in [5, 5.41) is 15.2. The van der Waals surface area contributed by atoms with Crippen LogP contribution < -0.4 is 15.4 Å². The van der Waals surface area contributed by atoms with Gasteiger partial charge in [0.25, 0.3) is 0 Å². The lowest BCUT2D eigenvalue weighted by molar-refractivity contribution is -0.127. The van der Waals surface area contributed by atoms with Crippen LogP contribution in [-0.4, -0.2) is 35.2 Å². The zero-order chi connectivity index (χ0) is 25.4. The van der Waals surface area contributed by atoms with Crippen LogP contribution in [0.3, 0.4) is 0 Å². The van der Waals surface area contributed by atoms with Gasteiger partial charge in [-0.05, 0) is 35.4 Å². The number of amides is 2. The summed E-state index contributed by atoms with van der Waals surface area (Å²) >= 11 is 1.27. The molecule has 0 saturated carbocycles. The maximum absolute atomic E-state index is 13.2. The van der Waals surface area contributed by atoms with Gasteiger partial charge in [0.2, 0.25) is 16.9 Å². The molecule has 0 radical (unpaired) electrons. The molecule has 0 bridgehead atoms. The fraction of sp³-hybridized carbons (Fsp3) is 0.407. The molecule has 0 aliphatic rings. The molecule has 0 fully saturated rings. The van der Waals surface area contributed by atoms with Crippen LogP contribution in [0, 0.1) is 11.3 Å². The van der Waals surface area contributed by atoms with Gasteiger partial charge in [0, 0.05) is 18.4 Å². The van der Waals surface area contributed by atoms with E-state index in [1.807, 2.05) is 54.6 Å². The minimum absolute atomic E-state index is 0.132. The number of hydrogen-bond acceptors (Lipinski definition) is 6. The number of nitrogens with one attached hydrogen (secondary N) is 2. The first kappa shape index (κ1) is 26.3. The Morgan fingerprint density at radius 1 is 1.06 bits per heavy atom. The molecule has 35 heavy (non-hydrogen) atoms. The van der Waals surface area contributed by atoms with Crippen molar-refractivity contribution >= 4 is 28.3 Å². The van der Waals surface area contributed by atoms with E-state index in [2.05, 4.69) is 48.5 Å². The molecule has 1 heterocycles. The number of ether oxygens (including phenoxy) is 1. The second-order valence-electron chi connectivity index (χ2n) is 10.0. The van der Waals surface area contributed by atoms with Gasteiger partial charge in [-0.1, -0.05) is 81.5 Å². The fourth-order valence-corrected chi connectivity index (χ4v) is 4.83. The molecule has 2 unspecified atom stereocenters. The van der Waals surface area contributed by atoms with Crippen molar-refractivity contribution < 1.29 is 14.3 Å². The van der Waals surface area contributed by atoms with Crippen LogP contribution in [0.1, 0.15) is 46.1 Å². The lowest BCUT2D eigenvalue weighted by Crippen LogP contribution is -2.45. The van der Waals surface area contributed by atoms with Crippen LogP contribution in [0.5, 0.6) is 5.75 Å². The molecule has 2 atom stereocenters. The number of benzene rings is 2. The van der Waals surface area contributed by atoms with E-state index in [0.717, 1.165) is 23.3 Å². The number of nitrogens with zero attached hydrogens (tertiary/aromatic N) is 2. The molecular formula is C27H34N4O3S. The number of aromatic nitrogens is 2. The Hall–Kier alpha value is -3.26. The van der Waals surface area contributed by atoms with Crippen molar-refractivity contribution in [1.82, 2.24) is 15.5 Å². The van der Waals surface area contributed by atoms with E-state index in [0.29, 0.717) is 23.0 Å². The lowest BCUT2D eigenvalue weighted by atomic mass is 9.84. The highest BCUT2D eigenvalue weighted by Crippen LogP contribution is 2.29. The summed E-state index contributed by atoms with van der Waals surface area (Å²) in [5.74, 6) is 0.477. The van der Waals surface area contributed by atoms with E-state index in [1.165, 1.54) is 11.3 Å². The maximum atomic E-state index is 13.2. The average molecular weight is 495 g/mol. The van der Waals surface area contributed by atoms with Crippen LogP contribution in [0.2, 0.25) is 0 Å². The van der Waals surface area contributed by atoms with Crippen molar-refractivity contribution in [2.75, 3.05) is 12.4 Å². The predicted molar refractivity (Wildman–Crippen MR) is 140 cm³/mol. The Kier molecular flexibility index (Phi) is 8.98. The van der Waals surface area contributed by atoms with Crippen LogP contribution in [-0.2, 0) is 16.0 Å². The number of anilines is 1. The Morgan fingerprint density at radius 2 is 1.80 bits per heavy atom. The Labute approximate surface area is 211 Å². The molecule has 0 aliphatic heterocycles. The summed E-state index contributed by atoms with van der Waals surface area (Å²) in [7, 11) is 1.61. The van der Waals surface area contributed by atoms with Gasteiger partial charge in [0.1, 0.15) is 16.8 Å². The second kappa shape index (κ2) is 11.9. The minimum atomic E-state index is -0.726. The summed E-state index contributed by atoms with van der Waals surface area (Å²) < 4.78 is 5.27. The zero-order valence-corrected chi connectivity index (χ0v) is 21.8. The minimum Gasteiger partial charge on any atom is -0.497 e. The first-order valence-electron chi connectivity index (χ1n) is 11.7. The van der Waals surface area contributed by atoms with E-state index in [1.54, 1.807) is 7.11 Å². The topological polar surface area (TPSA) is 93.2 Å². The molecular weight excluding hydrogens is 460 g/mol. The van der Waals surface area contributed by atoms with Crippen LogP contribution in [0.4, 0.5) is 5.13 Å². The molecule has 2 aromatic carbocycles. The number of hydrogen-bond donors (Lipinski definition) is 2. The van der Waals surface area contributed by atoms with Crippen molar-refractivity contribution in [2.45, 2.75) is 53.0 Å². The Morgan fingerprint density at radius 3 is 2.49 bits per heavy atom. The largest absolute Gasteiger partial charge is 0.497 e. The van der Waals surface area contributed by atoms with Crippen molar-refractivity contribution in [1.29, 1.82) is 0 Å². The molecule has 7 nitrogen and oxygen atoms in total. The smallest absolute Gasteiger partial charge is 0.249 e. The van der Waals surface area contributed by atoms with Crippen molar-refractivity contribution in [3.8, 4) is 16.3 Å². The van der Waals surface area contributed by atoms with Gasteiger partial charge in [-0.2, -0.15) is 0 Å². The normalized spacial score (nSPS) is 13.1. The van der Waals surface area contributed by atoms with Gasteiger partial charge in [-0.15, -0.1) is 10.2 Å². The van der Waals surface area contributed by atoms with E-state index in [-0.39, 0.29) is 23.1 Å². The van der Waals surface area contributed by atoms with E-state index >= 15 is 0 Å². The van der Waals surface area contributed by atoms with Gasteiger partial charge in [-0.3, -0.25) is 14.9 Å². The third kappa shape index (κ3) is 8.47. The van der Waals surface area contributed by atoms with Crippen LogP contribution >= 0.6 is 11.3 Å². The lowest BCUT2D eigenvalue weighted by Gasteiger charge is -2.24. The van der Waals surface area contributed by atoms with E-state index < -0.39 is 6.04 Å². The summed E-state index contributed by atoms with van der Waals surface area (Å²) in [6, 6.07) is 16.4. The summed E-state index contributed by atoms with van der Waals surface area (Å²) in [6.07, 6.45) is 1.68. The maximum Gasteiger partial charge on any atom is 0.249 e. The Balaban J connectivity index is 1.70. The number of methoxy groups -OCH3 is 1. The molecule has 0 spiro atoms. The van der Waals surface area contributed by atoms with Gasteiger partial charge < -0.3 is 10.1 Å². The average Bonchev–Trinajstić information content (AvgIpc) is 3.26. The van der Waals surface area contributed by atoms with Crippen LogP contribution in [0.15, 0.2) is 54.6 Å². The second-order valence-corrected chi connectivity index (χ2v) is 11.0. The first-order valence-corrected chi connectivity index (χ1v) is 12.6. The molecule has 8 heteroatoms. The fourth-order valence-electron chi connectivity index (χ4n) is 4.09. The third-order valence-electron chi connectivity index (χ3n) is 5.40. The molecule has 0 aliphatic carbocycles. The summed E-state index contributed by atoms with van der Waals surface area (Å²) in [5.41, 5.74) is 1.95. The highest BCUT2D eigenvalue weighted by Gasteiger charge is 2.25. The number of carbonyl (C=O) groups excluding carboxylic acids is 2. The van der Waals surface area contributed by atoms with Crippen molar-refractivity contribution in [2.24, 2.45) is 11.3 Å². The Bertz CT molecular complexity index is 1120. The first-order chi connectivity index (χ1) is 16.6. The van der Waals surface area contributed by atoms with Gasteiger partial charge in [-0.25, -0.2) is 0 Å². The molecule has 3 aromatic rings. The molecule has 3 rings (SSSR count). The van der Waals surface area contributed by atoms with Gasteiger partial charge in [0.05, 0.1) is 7.11 Å². The third-order valence-corrected chi connectivity index (χ3v) is 6.29. The highest BCUT2D eigenvalue weighted by molar-refractivity contribution is 7.18. The molecule has 2 amide bonds. The summed E-state index contributed by atoms with van der Waals surface area (Å²) in [4.78, 5) is 26.0. The molecule has 0 saturated heterocycles. The van der Waals surface area contributed by atoms with E-state index in [9.17, 15) is 9.59 Å². The quantitative estimate of drug-likeness (QED) is 0.397. The molecule has 2 N–H and O–H groups in total. The molecule has 186 valence electrons. The highest BCUT2D eigenvalue weighted by atomic mass is 32.1. The van der Waals surface area contributed by atoms with E-state index in [4.69, 9.17) is 4.74 Å². The number of carbonyl (C=O) groups is 2. The van der Waals surface area contributed by atoms with Crippen LogP contribution in [0.25, 0.3) is 10.6 Å². The molecule has 1 aromatic heterocycles. The van der Waals surface area contributed by atoms with Crippen molar-refractivity contribution in [3.05, 3.63) is 60.2 Å².